The first-order valence-corrected chi connectivity index (χ1v) is 7.81. The average molecular weight is 260 g/mol. The van der Waals surface area contributed by atoms with E-state index in [0.29, 0.717) is 0 Å². The Morgan fingerprint density at radius 2 is 2.16 bits per heavy atom. The molecular formula is C17H28N2. The zero-order valence-electron chi connectivity index (χ0n) is 12.7. The molecule has 1 N–H and O–H groups in total. The van der Waals surface area contributed by atoms with Crippen LogP contribution in [0.5, 0.6) is 0 Å². The average Bonchev–Trinajstić information content (AvgIpc) is 2.46. The number of nitrogens with one attached hydrogen (secondary N) is 1. The SMILES string of the molecule is CCC(C)CN(CC)Cc1ccc2c(c1)CCCN2. The lowest BCUT2D eigenvalue weighted by Crippen LogP contribution is -2.28. The van der Waals surface area contributed by atoms with Crippen LogP contribution in [0.15, 0.2) is 18.2 Å². The number of rotatable bonds is 6. The molecule has 0 saturated heterocycles. The molecule has 1 aliphatic rings. The number of aryl methyl sites for hydroxylation is 1. The van der Waals surface area contributed by atoms with Crippen LogP contribution in [0.2, 0.25) is 0 Å². The summed E-state index contributed by atoms with van der Waals surface area (Å²) in [5.41, 5.74) is 4.32. The maximum Gasteiger partial charge on any atom is 0.0372 e. The number of hydrogen-bond donors (Lipinski definition) is 1. The van der Waals surface area contributed by atoms with E-state index >= 15 is 0 Å². The minimum absolute atomic E-state index is 0.791. The van der Waals surface area contributed by atoms with Gasteiger partial charge in [0.1, 0.15) is 0 Å². The molecule has 2 heteroatoms. The third-order valence-corrected chi connectivity index (χ3v) is 4.23. The molecule has 2 rings (SSSR count). The quantitative estimate of drug-likeness (QED) is 0.834. The van der Waals surface area contributed by atoms with E-state index in [9.17, 15) is 0 Å². The van der Waals surface area contributed by atoms with Crippen molar-refractivity contribution >= 4 is 5.69 Å². The Labute approximate surface area is 118 Å². The Hall–Kier alpha value is -1.02. The lowest BCUT2D eigenvalue weighted by Gasteiger charge is -2.25. The van der Waals surface area contributed by atoms with Gasteiger partial charge < -0.3 is 5.32 Å². The molecular weight excluding hydrogens is 232 g/mol. The maximum atomic E-state index is 3.48. The summed E-state index contributed by atoms with van der Waals surface area (Å²) in [6.07, 6.45) is 3.76. The molecule has 0 aromatic heterocycles. The van der Waals surface area contributed by atoms with Crippen molar-refractivity contribution in [2.24, 2.45) is 5.92 Å². The third kappa shape index (κ3) is 3.97. The molecule has 1 aromatic carbocycles. The van der Waals surface area contributed by atoms with Crippen LogP contribution in [0.25, 0.3) is 0 Å². The van der Waals surface area contributed by atoms with Gasteiger partial charge in [-0.25, -0.2) is 0 Å². The van der Waals surface area contributed by atoms with Gasteiger partial charge in [-0.1, -0.05) is 39.3 Å². The van der Waals surface area contributed by atoms with Crippen LogP contribution in [-0.4, -0.2) is 24.5 Å². The number of nitrogens with zero attached hydrogens (tertiary/aromatic N) is 1. The van der Waals surface area contributed by atoms with Gasteiger partial charge in [-0.05, 0) is 42.5 Å². The molecule has 0 amide bonds. The molecule has 1 heterocycles. The molecule has 0 fully saturated rings. The van der Waals surface area contributed by atoms with E-state index in [0.717, 1.165) is 25.6 Å². The Kier molecular flexibility index (Phi) is 5.26. The molecule has 1 aliphatic heterocycles. The Morgan fingerprint density at radius 1 is 1.32 bits per heavy atom. The lowest BCUT2D eigenvalue weighted by molar-refractivity contribution is 0.238. The minimum Gasteiger partial charge on any atom is -0.385 e. The summed E-state index contributed by atoms with van der Waals surface area (Å²) in [5.74, 6) is 0.791. The fourth-order valence-electron chi connectivity index (χ4n) is 2.76. The van der Waals surface area contributed by atoms with E-state index in [4.69, 9.17) is 0 Å². The van der Waals surface area contributed by atoms with Gasteiger partial charge in [0.05, 0.1) is 0 Å². The van der Waals surface area contributed by atoms with Crippen LogP contribution >= 0.6 is 0 Å². The molecule has 0 radical (unpaired) electrons. The number of anilines is 1. The monoisotopic (exact) mass is 260 g/mol. The predicted molar refractivity (Wildman–Crippen MR) is 83.7 cm³/mol. The molecule has 0 spiro atoms. The van der Waals surface area contributed by atoms with E-state index in [1.54, 1.807) is 0 Å². The van der Waals surface area contributed by atoms with Crippen molar-refractivity contribution in [3.63, 3.8) is 0 Å². The summed E-state index contributed by atoms with van der Waals surface area (Å²) >= 11 is 0. The Balaban J connectivity index is 2.01. The number of fused-ring (bicyclic) bond motifs is 1. The van der Waals surface area contributed by atoms with Crippen molar-refractivity contribution in [3.8, 4) is 0 Å². The number of benzene rings is 1. The van der Waals surface area contributed by atoms with Gasteiger partial charge >= 0.3 is 0 Å². The minimum atomic E-state index is 0.791. The predicted octanol–water partition coefficient (Wildman–Crippen LogP) is 3.91. The van der Waals surface area contributed by atoms with Gasteiger partial charge in [-0.15, -0.1) is 0 Å². The fourth-order valence-corrected chi connectivity index (χ4v) is 2.76. The summed E-state index contributed by atoms with van der Waals surface area (Å²) < 4.78 is 0. The fraction of sp³-hybridized carbons (Fsp3) is 0.647. The van der Waals surface area contributed by atoms with Crippen LogP contribution in [0, 0.1) is 5.92 Å². The van der Waals surface area contributed by atoms with Crippen LogP contribution in [0.3, 0.4) is 0 Å². The largest absolute Gasteiger partial charge is 0.385 e. The first-order chi connectivity index (χ1) is 9.22. The standard InChI is InChI=1S/C17H28N2/c1-4-14(3)12-19(5-2)13-15-8-9-17-16(11-15)7-6-10-18-17/h8-9,11,14,18H,4-7,10,12-13H2,1-3H3. The number of hydrogen-bond acceptors (Lipinski definition) is 2. The first-order valence-electron chi connectivity index (χ1n) is 7.81. The van der Waals surface area contributed by atoms with Gasteiger partial charge in [0.2, 0.25) is 0 Å². The topological polar surface area (TPSA) is 15.3 Å². The second-order valence-electron chi connectivity index (χ2n) is 5.86. The van der Waals surface area contributed by atoms with Gasteiger partial charge in [0.25, 0.3) is 0 Å². The summed E-state index contributed by atoms with van der Waals surface area (Å²) in [5, 5.41) is 3.48. The summed E-state index contributed by atoms with van der Waals surface area (Å²) in [4.78, 5) is 2.56. The van der Waals surface area contributed by atoms with E-state index in [-0.39, 0.29) is 0 Å². The molecule has 0 bridgehead atoms. The smallest absolute Gasteiger partial charge is 0.0372 e. The third-order valence-electron chi connectivity index (χ3n) is 4.23. The molecule has 19 heavy (non-hydrogen) atoms. The summed E-state index contributed by atoms with van der Waals surface area (Å²) in [7, 11) is 0. The highest BCUT2D eigenvalue weighted by molar-refractivity contribution is 5.54. The summed E-state index contributed by atoms with van der Waals surface area (Å²) in [6, 6.07) is 6.96. The van der Waals surface area contributed by atoms with Crippen LogP contribution in [0.1, 0.15) is 44.7 Å². The van der Waals surface area contributed by atoms with Gasteiger partial charge in [0.15, 0.2) is 0 Å². The van der Waals surface area contributed by atoms with Gasteiger partial charge in [0, 0.05) is 25.3 Å². The maximum absolute atomic E-state index is 3.48. The van der Waals surface area contributed by atoms with Gasteiger partial charge in [-0.3, -0.25) is 4.90 Å². The first kappa shape index (κ1) is 14.4. The zero-order chi connectivity index (χ0) is 13.7. The highest BCUT2D eigenvalue weighted by atomic mass is 15.1. The zero-order valence-corrected chi connectivity index (χ0v) is 12.7. The van der Waals surface area contributed by atoms with E-state index < -0.39 is 0 Å². The van der Waals surface area contributed by atoms with Crippen LogP contribution in [-0.2, 0) is 13.0 Å². The van der Waals surface area contributed by atoms with E-state index in [1.807, 2.05) is 0 Å². The van der Waals surface area contributed by atoms with E-state index in [2.05, 4.69) is 49.2 Å². The van der Waals surface area contributed by atoms with Gasteiger partial charge in [-0.2, -0.15) is 0 Å². The molecule has 1 aromatic rings. The second kappa shape index (κ2) is 6.95. The highest BCUT2D eigenvalue weighted by Gasteiger charge is 2.11. The Morgan fingerprint density at radius 3 is 2.89 bits per heavy atom. The normalized spacial score (nSPS) is 16.0. The van der Waals surface area contributed by atoms with Crippen molar-refractivity contribution in [1.29, 1.82) is 0 Å². The second-order valence-corrected chi connectivity index (χ2v) is 5.86. The molecule has 1 atom stereocenters. The van der Waals surface area contributed by atoms with Crippen molar-refractivity contribution in [2.45, 2.75) is 46.6 Å². The molecule has 2 nitrogen and oxygen atoms in total. The highest BCUT2D eigenvalue weighted by Crippen LogP contribution is 2.23. The van der Waals surface area contributed by atoms with Crippen molar-refractivity contribution < 1.29 is 0 Å². The van der Waals surface area contributed by atoms with Crippen LogP contribution in [0.4, 0.5) is 5.69 Å². The van der Waals surface area contributed by atoms with Crippen LogP contribution < -0.4 is 5.32 Å². The molecule has 106 valence electrons. The van der Waals surface area contributed by atoms with Crippen molar-refractivity contribution in [3.05, 3.63) is 29.3 Å². The lowest BCUT2D eigenvalue weighted by atomic mass is 10.0. The molecule has 1 unspecified atom stereocenters. The van der Waals surface area contributed by atoms with Crippen molar-refractivity contribution in [2.75, 3.05) is 25.0 Å². The van der Waals surface area contributed by atoms with E-state index in [1.165, 1.54) is 42.6 Å². The Bertz CT molecular complexity index is 400. The molecule has 0 aliphatic carbocycles. The molecule has 0 saturated carbocycles. The van der Waals surface area contributed by atoms with Crippen molar-refractivity contribution in [1.82, 2.24) is 4.90 Å². The summed E-state index contributed by atoms with van der Waals surface area (Å²) in [6.45, 7) is 11.5.